The van der Waals surface area contributed by atoms with E-state index in [1.54, 1.807) is 18.3 Å². The summed E-state index contributed by atoms with van der Waals surface area (Å²) in [7, 11) is 0. The van der Waals surface area contributed by atoms with Crippen molar-refractivity contribution in [3.63, 3.8) is 0 Å². The number of hydrogen-bond donors (Lipinski definition) is 1. The van der Waals surface area contributed by atoms with Crippen molar-refractivity contribution in [2.24, 2.45) is 5.92 Å². The van der Waals surface area contributed by atoms with E-state index in [0.29, 0.717) is 34.3 Å². The van der Waals surface area contributed by atoms with Gasteiger partial charge in [-0.3, -0.25) is 9.78 Å². The molecule has 1 aliphatic rings. The number of carbonyl (C=O) groups excluding carboxylic acids is 1. The van der Waals surface area contributed by atoms with Crippen molar-refractivity contribution in [1.29, 1.82) is 0 Å². The van der Waals surface area contributed by atoms with E-state index in [4.69, 9.17) is 22.8 Å². The van der Waals surface area contributed by atoms with E-state index in [0.717, 1.165) is 5.39 Å². The summed E-state index contributed by atoms with van der Waals surface area (Å²) in [5.41, 5.74) is 0.697. The van der Waals surface area contributed by atoms with E-state index in [9.17, 15) is 4.79 Å². The van der Waals surface area contributed by atoms with Crippen molar-refractivity contribution in [2.75, 3.05) is 12.8 Å². The fourth-order valence-electron chi connectivity index (χ4n) is 2.31. The van der Waals surface area contributed by atoms with Gasteiger partial charge in [0.15, 0.2) is 0 Å². The lowest BCUT2D eigenvalue weighted by Gasteiger charge is -2.17. The van der Waals surface area contributed by atoms with Crippen LogP contribution >= 0.6 is 23.4 Å². The smallest absolute Gasteiger partial charge is 0.271 e. The Hall–Kier alpha value is -1.90. The fourth-order valence-corrected chi connectivity index (χ4v) is 3.08. The zero-order valence-corrected chi connectivity index (χ0v) is 14.8. The van der Waals surface area contributed by atoms with E-state index in [2.05, 4.69) is 16.2 Å². The van der Waals surface area contributed by atoms with E-state index in [-0.39, 0.29) is 5.91 Å². The van der Waals surface area contributed by atoms with Gasteiger partial charge in [-0.2, -0.15) is 0 Å². The summed E-state index contributed by atoms with van der Waals surface area (Å²) in [6, 6.07) is 5.29. The average Bonchev–Trinajstić information content (AvgIpc) is 3.41. The highest BCUT2D eigenvalue weighted by atomic mass is 35.5. The first kappa shape index (κ1) is 16.9. The summed E-state index contributed by atoms with van der Waals surface area (Å²) in [5, 5.41) is 4.18. The van der Waals surface area contributed by atoms with Crippen LogP contribution in [0.4, 0.5) is 0 Å². The molecular weight excluding hydrogens is 344 g/mol. The Morgan fingerprint density at radius 2 is 2.33 bits per heavy atom. The molecule has 1 fully saturated rings. The molecule has 4 nitrogen and oxygen atoms in total. The highest BCUT2D eigenvalue weighted by Gasteiger charge is 2.25. The Morgan fingerprint density at radius 3 is 3.00 bits per heavy atom. The molecule has 0 radical (unpaired) electrons. The number of nitrogens with zero attached hydrogens (tertiary/aromatic N) is 1. The lowest BCUT2D eigenvalue weighted by molar-refractivity contribution is -0.124. The fraction of sp³-hybridized carbons (Fsp3) is 0.333. The van der Waals surface area contributed by atoms with Crippen LogP contribution in [0.5, 0.6) is 5.75 Å². The number of ether oxygens (including phenoxy) is 1. The molecule has 1 amide bonds. The number of fused-ring (bicyclic) bond motifs is 1. The number of hydrogen-bond acceptors (Lipinski definition) is 4. The molecule has 0 aliphatic heterocycles. The van der Waals surface area contributed by atoms with Gasteiger partial charge >= 0.3 is 0 Å². The van der Waals surface area contributed by atoms with E-state index in [1.165, 1.54) is 24.6 Å². The van der Waals surface area contributed by atoms with Gasteiger partial charge in [0, 0.05) is 29.8 Å². The Morgan fingerprint density at radius 1 is 1.54 bits per heavy atom. The molecular formula is C18H17ClN2O2S. The summed E-state index contributed by atoms with van der Waals surface area (Å²) >= 11 is 7.61. The zero-order chi connectivity index (χ0) is 17.1. The second-order valence-electron chi connectivity index (χ2n) is 5.72. The van der Waals surface area contributed by atoms with Crippen LogP contribution in [0.1, 0.15) is 18.4 Å². The van der Waals surface area contributed by atoms with E-state index < -0.39 is 5.44 Å². The normalized spacial score (nSPS) is 14.9. The number of rotatable bonds is 6. The third-order valence-electron chi connectivity index (χ3n) is 3.81. The predicted octanol–water partition coefficient (Wildman–Crippen LogP) is 3.46. The second kappa shape index (κ2) is 7.33. The Labute approximate surface area is 150 Å². The van der Waals surface area contributed by atoms with Gasteiger partial charge in [0.25, 0.3) is 5.91 Å². The maximum atomic E-state index is 12.2. The molecule has 3 rings (SSSR count). The highest BCUT2D eigenvalue weighted by Crippen LogP contribution is 2.30. The van der Waals surface area contributed by atoms with Gasteiger partial charge in [-0.15, -0.1) is 18.2 Å². The Kier molecular flexibility index (Phi) is 5.17. The number of terminal acetylenes is 1. The number of halogens is 1. The van der Waals surface area contributed by atoms with Gasteiger partial charge in [0.05, 0.1) is 10.5 Å². The minimum Gasteiger partial charge on any atom is -0.470 e. The molecule has 124 valence electrons. The molecule has 1 saturated carbocycles. The van der Waals surface area contributed by atoms with Crippen LogP contribution in [0.15, 0.2) is 24.4 Å². The van der Waals surface area contributed by atoms with Crippen molar-refractivity contribution in [1.82, 2.24) is 10.3 Å². The maximum absolute atomic E-state index is 12.2. The average molecular weight is 361 g/mol. The largest absolute Gasteiger partial charge is 0.470 e. The molecule has 1 heterocycles. The first-order valence-electron chi connectivity index (χ1n) is 7.64. The van der Waals surface area contributed by atoms with Gasteiger partial charge < -0.3 is 10.1 Å². The van der Waals surface area contributed by atoms with Crippen molar-refractivity contribution in [3.8, 4) is 18.1 Å². The van der Waals surface area contributed by atoms with Crippen molar-refractivity contribution in [2.45, 2.75) is 18.3 Å². The SMILES string of the molecule is C#Cc1cnc2c(Cl)cc(OC(SC)C(=O)NCC3CC3)cc2c1. The highest BCUT2D eigenvalue weighted by molar-refractivity contribution is 7.99. The number of amides is 1. The predicted molar refractivity (Wildman–Crippen MR) is 98.4 cm³/mol. The standard InChI is InChI=1S/C18H17ClN2O2S/c1-3-11-6-13-7-14(8-15(19)16(13)20-9-11)23-18(24-2)17(22)21-10-12-4-5-12/h1,6-9,12,18H,4-5,10H2,2H3,(H,21,22). The van der Waals surface area contributed by atoms with Crippen molar-refractivity contribution >= 4 is 40.2 Å². The molecule has 24 heavy (non-hydrogen) atoms. The zero-order valence-electron chi connectivity index (χ0n) is 13.2. The molecule has 1 aromatic carbocycles. The summed E-state index contributed by atoms with van der Waals surface area (Å²) in [6.07, 6.45) is 11.2. The Balaban J connectivity index is 1.79. The number of thioether (sulfide) groups is 1. The topological polar surface area (TPSA) is 51.2 Å². The molecule has 1 atom stereocenters. The van der Waals surface area contributed by atoms with Crippen LogP contribution in [0.3, 0.4) is 0 Å². The molecule has 0 saturated heterocycles. The van der Waals surface area contributed by atoms with Crippen LogP contribution in [0.25, 0.3) is 10.9 Å². The monoisotopic (exact) mass is 360 g/mol. The van der Waals surface area contributed by atoms with Crippen LogP contribution in [0, 0.1) is 18.3 Å². The Bertz CT molecular complexity index is 815. The van der Waals surface area contributed by atoms with Crippen LogP contribution in [-0.4, -0.2) is 29.1 Å². The summed E-state index contributed by atoms with van der Waals surface area (Å²) in [6.45, 7) is 0.715. The molecule has 1 N–H and O–H groups in total. The molecule has 0 spiro atoms. The van der Waals surface area contributed by atoms with Crippen LogP contribution in [0.2, 0.25) is 5.02 Å². The summed E-state index contributed by atoms with van der Waals surface area (Å²) < 4.78 is 5.83. The number of carbonyl (C=O) groups is 1. The summed E-state index contributed by atoms with van der Waals surface area (Å²) in [4.78, 5) is 16.5. The number of pyridine rings is 1. The first-order valence-corrected chi connectivity index (χ1v) is 9.30. The lowest BCUT2D eigenvalue weighted by atomic mass is 10.1. The number of aromatic nitrogens is 1. The minimum atomic E-state index is -0.624. The molecule has 1 aromatic heterocycles. The molecule has 1 aliphatic carbocycles. The van der Waals surface area contributed by atoms with Crippen molar-refractivity contribution in [3.05, 3.63) is 35.0 Å². The van der Waals surface area contributed by atoms with Gasteiger partial charge in [-0.05, 0) is 37.1 Å². The third-order valence-corrected chi connectivity index (χ3v) is 4.84. The van der Waals surface area contributed by atoms with Crippen LogP contribution < -0.4 is 10.1 Å². The molecule has 2 aromatic rings. The number of benzene rings is 1. The maximum Gasteiger partial charge on any atom is 0.271 e. The van der Waals surface area contributed by atoms with Gasteiger partial charge in [-0.25, -0.2) is 0 Å². The quantitative estimate of drug-likeness (QED) is 0.633. The third kappa shape index (κ3) is 3.95. The molecule has 6 heteroatoms. The lowest BCUT2D eigenvalue weighted by Crippen LogP contribution is -2.37. The van der Waals surface area contributed by atoms with Gasteiger partial charge in [0.2, 0.25) is 5.44 Å². The second-order valence-corrected chi connectivity index (χ2v) is 7.03. The summed E-state index contributed by atoms with van der Waals surface area (Å²) in [5.74, 6) is 3.57. The van der Waals surface area contributed by atoms with Crippen LogP contribution in [-0.2, 0) is 4.79 Å². The van der Waals surface area contributed by atoms with E-state index in [1.807, 2.05) is 12.3 Å². The first-order chi connectivity index (χ1) is 11.6. The molecule has 0 bridgehead atoms. The van der Waals surface area contributed by atoms with Gasteiger partial charge in [-0.1, -0.05) is 17.5 Å². The van der Waals surface area contributed by atoms with Crippen molar-refractivity contribution < 1.29 is 9.53 Å². The number of nitrogens with one attached hydrogen (secondary N) is 1. The molecule has 1 unspecified atom stereocenters. The minimum absolute atomic E-state index is 0.124. The van der Waals surface area contributed by atoms with Gasteiger partial charge in [0.1, 0.15) is 5.75 Å². The van der Waals surface area contributed by atoms with E-state index >= 15 is 0 Å².